The van der Waals surface area contributed by atoms with Gasteiger partial charge in [-0.15, -0.1) is 11.3 Å². The molecule has 1 aliphatic rings. The van der Waals surface area contributed by atoms with Gasteiger partial charge in [0.1, 0.15) is 22.6 Å². The third-order valence-corrected chi connectivity index (χ3v) is 6.42. The van der Waals surface area contributed by atoms with Gasteiger partial charge in [-0.2, -0.15) is 5.26 Å². The lowest BCUT2D eigenvalue weighted by Gasteiger charge is -2.27. The lowest BCUT2D eigenvalue weighted by molar-refractivity contribution is 0.0955. The van der Waals surface area contributed by atoms with Crippen LogP contribution in [0.15, 0.2) is 18.2 Å². The largest absolute Gasteiger partial charge is 0.378 e. The van der Waals surface area contributed by atoms with Gasteiger partial charge in [0.2, 0.25) is 0 Å². The molecule has 1 amide bonds. The standard InChI is InChI=1S/C19H19FIN3O2S/c1-12-2-3-13(15(21)10-12)16-14(11-22)19(24-6-8-26-9-7-24)27-17(16)18(25)23-5-4-20/h2-3,10H,4-9H2,1H3,(H,23,25). The number of rotatable bonds is 5. The molecule has 0 atom stereocenters. The highest BCUT2D eigenvalue weighted by molar-refractivity contribution is 14.1. The van der Waals surface area contributed by atoms with E-state index >= 15 is 0 Å². The molecular weight excluding hydrogens is 480 g/mol. The summed E-state index contributed by atoms with van der Waals surface area (Å²) in [7, 11) is 0. The minimum atomic E-state index is -0.629. The maximum atomic E-state index is 12.7. The first kappa shape index (κ1) is 20.0. The van der Waals surface area contributed by atoms with Gasteiger partial charge >= 0.3 is 0 Å². The Morgan fingerprint density at radius 1 is 1.44 bits per heavy atom. The molecule has 0 saturated carbocycles. The van der Waals surface area contributed by atoms with E-state index in [-0.39, 0.29) is 12.5 Å². The van der Waals surface area contributed by atoms with Gasteiger partial charge in [0, 0.05) is 28.8 Å². The van der Waals surface area contributed by atoms with Gasteiger partial charge in [0.05, 0.1) is 18.8 Å². The second kappa shape index (κ2) is 8.99. The first-order valence-corrected chi connectivity index (χ1v) is 10.5. The summed E-state index contributed by atoms with van der Waals surface area (Å²) in [4.78, 5) is 15.3. The summed E-state index contributed by atoms with van der Waals surface area (Å²) in [6.07, 6.45) is 0. The van der Waals surface area contributed by atoms with Gasteiger partial charge in [0.25, 0.3) is 5.91 Å². The lowest BCUT2D eigenvalue weighted by atomic mass is 10.00. The summed E-state index contributed by atoms with van der Waals surface area (Å²) in [6, 6.07) is 8.23. The Hall–Kier alpha value is -1.70. The van der Waals surface area contributed by atoms with Crippen LogP contribution in [0.3, 0.4) is 0 Å². The zero-order chi connectivity index (χ0) is 19.4. The molecule has 0 unspecified atom stereocenters. The number of nitrogens with zero attached hydrogens (tertiary/aromatic N) is 2. The molecular formula is C19H19FIN3O2S. The molecule has 27 heavy (non-hydrogen) atoms. The number of carbonyl (C=O) groups excluding carboxylic acids is 1. The van der Waals surface area contributed by atoms with Crippen molar-refractivity contribution in [3.63, 3.8) is 0 Å². The number of anilines is 1. The van der Waals surface area contributed by atoms with Crippen LogP contribution < -0.4 is 10.2 Å². The molecule has 3 rings (SSSR count). The molecule has 1 aliphatic heterocycles. The van der Waals surface area contributed by atoms with Gasteiger partial charge in [-0.05, 0) is 41.1 Å². The Labute approximate surface area is 175 Å². The Morgan fingerprint density at radius 2 is 2.19 bits per heavy atom. The molecule has 0 bridgehead atoms. The molecule has 0 radical (unpaired) electrons. The zero-order valence-electron chi connectivity index (χ0n) is 14.8. The van der Waals surface area contributed by atoms with Crippen molar-refractivity contribution in [1.29, 1.82) is 5.26 Å². The van der Waals surface area contributed by atoms with E-state index in [1.54, 1.807) is 0 Å². The number of nitrogens with one attached hydrogen (secondary N) is 1. The molecule has 2 heterocycles. The number of thiophene rings is 1. The number of nitriles is 1. The summed E-state index contributed by atoms with van der Waals surface area (Å²) >= 11 is 3.52. The van der Waals surface area contributed by atoms with Crippen LogP contribution in [0, 0.1) is 21.8 Å². The minimum absolute atomic E-state index is 0.0457. The van der Waals surface area contributed by atoms with Gasteiger partial charge in [-0.3, -0.25) is 4.79 Å². The number of alkyl halides is 1. The number of carbonyl (C=O) groups is 1. The fourth-order valence-electron chi connectivity index (χ4n) is 2.99. The van der Waals surface area contributed by atoms with Crippen molar-refractivity contribution in [3.05, 3.63) is 37.8 Å². The Kier molecular flexibility index (Phi) is 6.68. The molecule has 1 N–H and O–H groups in total. The fraction of sp³-hybridized carbons (Fsp3) is 0.368. The fourth-order valence-corrected chi connectivity index (χ4v) is 5.17. The normalized spacial score (nSPS) is 14.1. The summed E-state index contributed by atoms with van der Waals surface area (Å²) < 4.78 is 18.9. The van der Waals surface area contributed by atoms with Crippen molar-refractivity contribution >= 4 is 44.8 Å². The van der Waals surface area contributed by atoms with Crippen molar-refractivity contribution in [2.45, 2.75) is 6.92 Å². The van der Waals surface area contributed by atoms with Crippen molar-refractivity contribution in [3.8, 4) is 17.2 Å². The smallest absolute Gasteiger partial charge is 0.262 e. The van der Waals surface area contributed by atoms with E-state index in [9.17, 15) is 14.4 Å². The van der Waals surface area contributed by atoms with E-state index < -0.39 is 6.67 Å². The quantitative estimate of drug-likeness (QED) is 0.637. The third kappa shape index (κ3) is 4.25. The summed E-state index contributed by atoms with van der Waals surface area (Å²) in [5, 5.41) is 13.3. The van der Waals surface area contributed by atoms with E-state index in [1.165, 1.54) is 11.3 Å². The van der Waals surface area contributed by atoms with E-state index in [4.69, 9.17) is 4.74 Å². The molecule has 0 aliphatic carbocycles. The highest BCUT2D eigenvalue weighted by Crippen LogP contribution is 2.43. The molecule has 1 fully saturated rings. The summed E-state index contributed by atoms with van der Waals surface area (Å²) in [6.45, 7) is 3.84. The molecule has 8 heteroatoms. The van der Waals surface area contributed by atoms with Crippen LogP contribution in [0.4, 0.5) is 9.39 Å². The molecule has 2 aromatic rings. The average Bonchev–Trinajstić information content (AvgIpc) is 3.06. The number of amides is 1. The molecule has 1 saturated heterocycles. The van der Waals surface area contributed by atoms with Crippen molar-refractivity contribution in [2.75, 3.05) is 44.4 Å². The molecule has 1 aromatic carbocycles. The number of hydrogen-bond acceptors (Lipinski definition) is 5. The maximum Gasteiger partial charge on any atom is 0.262 e. The van der Waals surface area contributed by atoms with Gasteiger partial charge in [-0.25, -0.2) is 4.39 Å². The Morgan fingerprint density at radius 3 is 2.81 bits per heavy atom. The van der Waals surface area contributed by atoms with Crippen LogP contribution in [0.25, 0.3) is 11.1 Å². The third-order valence-electron chi connectivity index (χ3n) is 4.28. The Balaban J connectivity index is 2.17. The van der Waals surface area contributed by atoms with Crippen LogP contribution >= 0.6 is 33.9 Å². The number of aryl methyl sites for hydroxylation is 1. The Bertz CT molecular complexity index is 888. The van der Waals surface area contributed by atoms with Crippen LogP contribution in [-0.4, -0.2) is 45.4 Å². The monoisotopic (exact) mass is 499 g/mol. The van der Waals surface area contributed by atoms with E-state index in [2.05, 4.69) is 38.9 Å². The second-order valence-corrected chi connectivity index (χ2v) is 8.29. The number of morpholine rings is 1. The van der Waals surface area contributed by atoms with Crippen LogP contribution in [0.1, 0.15) is 20.8 Å². The van der Waals surface area contributed by atoms with Crippen molar-refractivity contribution in [2.24, 2.45) is 0 Å². The van der Waals surface area contributed by atoms with Gasteiger partial charge in [0.15, 0.2) is 0 Å². The highest BCUT2D eigenvalue weighted by atomic mass is 127. The van der Waals surface area contributed by atoms with E-state index in [1.807, 2.05) is 25.1 Å². The predicted octanol–water partition coefficient (Wildman–Crippen LogP) is 3.74. The average molecular weight is 499 g/mol. The molecule has 0 spiro atoms. The van der Waals surface area contributed by atoms with Crippen molar-refractivity contribution < 1.29 is 13.9 Å². The van der Waals surface area contributed by atoms with Gasteiger partial charge in [-0.1, -0.05) is 17.7 Å². The highest BCUT2D eigenvalue weighted by Gasteiger charge is 2.28. The number of ether oxygens (including phenoxy) is 1. The van der Waals surface area contributed by atoms with Gasteiger partial charge < -0.3 is 15.0 Å². The molecule has 5 nitrogen and oxygen atoms in total. The summed E-state index contributed by atoms with van der Waals surface area (Å²) in [5.74, 6) is -0.347. The first-order chi connectivity index (χ1) is 13.1. The van der Waals surface area contributed by atoms with Crippen LogP contribution in [0.2, 0.25) is 0 Å². The van der Waals surface area contributed by atoms with Crippen LogP contribution in [0.5, 0.6) is 0 Å². The number of halogens is 2. The SMILES string of the molecule is Cc1ccc(-c2c(C(=O)NCCF)sc(N3CCOCC3)c2C#N)c(I)c1. The lowest BCUT2D eigenvalue weighted by Crippen LogP contribution is -2.36. The van der Waals surface area contributed by atoms with E-state index in [0.717, 1.165) is 19.7 Å². The minimum Gasteiger partial charge on any atom is -0.378 e. The van der Waals surface area contributed by atoms with Crippen molar-refractivity contribution in [1.82, 2.24) is 5.32 Å². The topological polar surface area (TPSA) is 65.4 Å². The number of hydrogen-bond donors (Lipinski definition) is 1. The van der Waals surface area contributed by atoms with E-state index in [0.29, 0.717) is 42.3 Å². The number of benzene rings is 1. The van der Waals surface area contributed by atoms with Crippen LogP contribution in [-0.2, 0) is 4.74 Å². The first-order valence-electron chi connectivity index (χ1n) is 8.57. The maximum absolute atomic E-state index is 12.7. The second-order valence-electron chi connectivity index (χ2n) is 6.13. The summed E-state index contributed by atoms with van der Waals surface area (Å²) in [5.41, 5.74) is 3.08. The molecule has 1 aromatic heterocycles. The molecule has 142 valence electrons. The zero-order valence-corrected chi connectivity index (χ0v) is 17.8. The predicted molar refractivity (Wildman–Crippen MR) is 113 cm³/mol.